The maximum absolute atomic E-state index is 11.3. The summed E-state index contributed by atoms with van der Waals surface area (Å²) in [4.78, 5) is 10.9. The van der Waals surface area contributed by atoms with Crippen molar-refractivity contribution in [3.05, 3.63) is 44.5 Å². The zero-order valence-electron chi connectivity index (χ0n) is 12.1. The highest BCUT2D eigenvalue weighted by molar-refractivity contribution is 9.10. The number of anilines is 1. The van der Waals surface area contributed by atoms with Crippen LogP contribution in [0.25, 0.3) is 5.69 Å². The molecular formula is C14H17BrN4O2. The molecule has 6 nitrogen and oxygen atoms in total. The van der Waals surface area contributed by atoms with E-state index in [1.807, 2.05) is 39.0 Å². The summed E-state index contributed by atoms with van der Waals surface area (Å²) in [7, 11) is 0. The van der Waals surface area contributed by atoms with E-state index in [-0.39, 0.29) is 16.9 Å². The van der Waals surface area contributed by atoms with Gasteiger partial charge in [-0.1, -0.05) is 32.9 Å². The van der Waals surface area contributed by atoms with Crippen molar-refractivity contribution in [2.75, 3.05) is 5.73 Å². The van der Waals surface area contributed by atoms with E-state index in [0.29, 0.717) is 17.8 Å². The number of para-hydroxylation sites is 1. The number of halogens is 1. The van der Waals surface area contributed by atoms with Gasteiger partial charge < -0.3 is 5.73 Å². The molecule has 0 aliphatic heterocycles. The number of rotatable bonds is 3. The lowest BCUT2D eigenvalue weighted by molar-refractivity contribution is -0.384. The number of nitro groups is 1. The van der Waals surface area contributed by atoms with Gasteiger partial charge in [0.2, 0.25) is 5.82 Å². The van der Waals surface area contributed by atoms with Gasteiger partial charge in [0.15, 0.2) is 0 Å². The highest BCUT2D eigenvalue weighted by Crippen LogP contribution is 2.34. The summed E-state index contributed by atoms with van der Waals surface area (Å²) in [5, 5.41) is 15.7. The number of hydrogen-bond acceptors (Lipinski definition) is 4. The largest absolute Gasteiger partial charge is 0.378 e. The third-order valence-electron chi connectivity index (χ3n) is 2.93. The van der Waals surface area contributed by atoms with Crippen molar-refractivity contribution in [3.8, 4) is 5.69 Å². The second-order valence-corrected chi connectivity index (χ2v) is 6.89. The zero-order chi connectivity index (χ0) is 15.8. The first-order valence-corrected chi connectivity index (χ1v) is 7.26. The third kappa shape index (κ3) is 3.24. The van der Waals surface area contributed by atoms with Crippen LogP contribution in [0.5, 0.6) is 0 Å². The lowest BCUT2D eigenvalue weighted by Crippen LogP contribution is -2.11. The van der Waals surface area contributed by atoms with Crippen LogP contribution in [-0.2, 0) is 6.42 Å². The van der Waals surface area contributed by atoms with Crippen LogP contribution in [0.15, 0.2) is 28.7 Å². The molecule has 0 aliphatic carbocycles. The Balaban J connectivity index is 2.62. The average molecular weight is 353 g/mol. The van der Waals surface area contributed by atoms with Crippen LogP contribution in [0.4, 0.5) is 11.5 Å². The van der Waals surface area contributed by atoms with E-state index in [0.717, 1.165) is 4.47 Å². The summed E-state index contributed by atoms with van der Waals surface area (Å²) in [6.07, 6.45) is 0.477. The van der Waals surface area contributed by atoms with Crippen molar-refractivity contribution < 1.29 is 4.92 Å². The third-order valence-corrected chi connectivity index (χ3v) is 3.60. The van der Waals surface area contributed by atoms with E-state index >= 15 is 0 Å². The van der Waals surface area contributed by atoms with E-state index in [1.165, 1.54) is 4.68 Å². The van der Waals surface area contributed by atoms with Crippen LogP contribution < -0.4 is 5.73 Å². The molecule has 0 spiro atoms. The smallest absolute Gasteiger partial charge is 0.334 e. The van der Waals surface area contributed by atoms with Gasteiger partial charge in [-0.3, -0.25) is 10.1 Å². The maximum Gasteiger partial charge on any atom is 0.334 e. The van der Waals surface area contributed by atoms with Crippen molar-refractivity contribution in [3.63, 3.8) is 0 Å². The Labute approximate surface area is 131 Å². The fourth-order valence-corrected chi connectivity index (χ4v) is 2.55. The number of nitrogens with zero attached hydrogens (tertiary/aromatic N) is 3. The van der Waals surface area contributed by atoms with Crippen LogP contribution in [0.1, 0.15) is 26.5 Å². The molecule has 0 fully saturated rings. The second-order valence-electron chi connectivity index (χ2n) is 6.04. The van der Waals surface area contributed by atoms with E-state index in [2.05, 4.69) is 21.0 Å². The molecule has 7 heteroatoms. The summed E-state index contributed by atoms with van der Waals surface area (Å²) in [5.41, 5.74) is 6.81. The van der Waals surface area contributed by atoms with Crippen molar-refractivity contribution >= 4 is 27.4 Å². The van der Waals surface area contributed by atoms with Gasteiger partial charge in [0.1, 0.15) is 5.69 Å². The zero-order valence-corrected chi connectivity index (χ0v) is 13.7. The van der Waals surface area contributed by atoms with Crippen molar-refractivity contribution in [1.29, 1.82) is 0 Å². The van der Waals surface area contributed by atoms with Crippen molar-refractivity contribution in [2.24, 2.45) is 5.41 Å². The van der Waals surface area contributed by atoms with Crippen LogP contribution >= 0.6 is 15.9 Å². The lowest BCUT2D eigenvalue weighted by atomic mass is 9.90. The number of nitrogen functional groups attached to an aromatic ring is 1. The minimum atomic E-state index is -0.462. The van der Waals surface area contributed by atoms with E-state index in [9.17, 15) is 10.1 Å². The molecule has 0 aliphatic rings. The minimum absolute atomic E-state index is 0.0474. The first-order valence-electron chi connectivity index (χ1n) is 6.47. The number of benzene rings is 1. The molecule has 0 bridgehead atoms. The van der Waals surface area contributed by atoms with Crippen LogP contribution in [-0.4, -0.2) is 14.7 Å². The van der Waals surface area contributed by atoms with Gasteiger partial charge in [0.25, 0.3) is 0 Å². The molecule has 2 aromatic rings. The molecule has 0 saturated carbocycles. The Kier molecular flexibility index (Phi) is 4.04. The number of hydrogen-bond donors (Lipinski definition) is 1. The fraction of sp³-hybridized carbons (Fsp3) is 0.357. The van der Waals surface area contributed by atoms with Gasteiger partial charge in [-0.15, -0.1) is 0 Å². The predicted molar refractivity (Wildman–Crippen MR) is 85.5 cm³/mol. The first-order chi connectivity index (χ1) is 9.70. The second kappa shape index (κ2) is 5.48. The summed E-state index contributed by atoms with van der Waals surface area (Å²) >= 11 is 3.41. The van der Waals surface area contributed by atoms with Crippen molar-refractivity contribution in [2.45, 2.75) is 27.2 Å². The molecule has 0 unspecified atom stereocenters. The lowest BCUT2D eigenvalue weighted by Gasteiger charge is -2.15. The van der Waals surface area contributed by atoms with Crippen molar-refractivity contribution in [1.82, 2.24) is 9.78 Å². The van der Waals surface area contributed by atoms with E-state index in [4.69, 9.17) is 5.73 Å². The number of nitrogens with two attached hydrogens (primary N) is 1. The monoisotopic (exact) mass is 352 g/mol. The predicted octanol–water partition coefficient (Wildman–Crippen LogP) is 3.71. The Morgan fingerprint density at radius 2 is 2.00 bits per heavy atom. The summed E-state index contributed by atoms with van der Waals surface area (Å²) in [5.74, 6) is 0.0474. The highest BCUT2D eigenvalue weighted by atomic mass is 79.9. The highest BCUT2D eigenvalue weighted by Gasteiger charge is 2.29. The Morgan fingerprint density at radius 3 is 2.52 bits per heavy atom. The molecule has 1 aromatic carbocycles. The summed E-state index contributed by atoms with van der Waals surface area (Å²) < 4.78 is 2.19. The topological polar surface area (TPSA) is 87.0 Å². The minimum Gasteiger partial charge on any atom is -0.378 e. The molecule has 0 amide bonds. The number of aromatic nitrogens is 2. The molecule has 0 radical (unpaired) electrons. The Morgan fingerprint density at radius 1 is 1.38 bits per heavy atom. The van der Waals surface area contributed by atoms with Crippen LogP contribution in [0.3, 0.4) is 0 Å². The summed E-state index contributed by atoms with van der Waals surface area (Å²) in [6.45, 7) is 6.01. The Hall–Kier alpha value is -1.89. The molecule has 2 rings (SSSR count). The molecule has 112 valence electrons. The standard InChI is InChI=1S/C14H17BrN4O2/c1-14(2,3)8-10-12(19(20)21)13(16)18(17-10)11-7-5-4-6-9(11)15/h4-7H,8,16H2,1-3H3. The molecule has 0 atom stereocenters. The van der Waals surface area contributed by atoms with Gasteiger partial charge in [-0.25, -0.2) is 4.68 Å². The normalized spacial score (nSPS) is 11.6. The van der Waals surface area contributed by atoms with Gasteiger partial charge in [-0.05, 0) is 33.5 Å². The van der Waals surface area contributed by atoms with Gasteiger partial charge >= 0.3 is 5.69 Å². The molecule has 21 heavy (non-hydrogen) atoms. The summed E-state index contributed by atoms with van der Waals surface area (Å²) in [6, 6.07) is 7.33. The van der Waals surface area contributed by atoms with Crippen LogP contribution in [0, 0.1) is 15.5 Å². The SMILES string of the molecule is CC(C)(C)Cc1nn(-c2ccccc2Br)c(N)c1[N+](=O)[O-]. The quantitative estimate of drug-likeness (QED) is 0.673. The van der Waals surface area contributed by atoms with Gasteiger partial charge in [0.05, 0.1) is 10.6 Å². The molecular weight excluding hydrogens is 336 g/mol. The van der Waals surface area contributed by atoms with Gasteiger partial charge in [-0.2, -0.15) is 5.10 Å². The van der Waals surface area contributed by atoms with E-state index < -0.39 is 4.92 Å². The maximum atomic E-state index is 11.3. The average Bonchev–Trinajstić information content (AvgIpc) is 2.64. The van der Waals surface area contributed by atoms with Gasteiger partial charge in [0, 0.05) is 10.9 Å². The molecule has 1 heterocycles. The first kappa shape index (κ1) is 15.5. The van der Waals surface area contributed by atoms with Crippen LogP contribution in [0.2, 0.25) is 0 Å². The molecule has 1 aromatic heterocycles. The molecule has 0 saturated heterocycles. The fourth-order valence-electron chi connectivity index (χ4n) is 2.10. The van der Waals surface area contributed by atoms with E-state index in [1.54, 1.807) is 6.07 Å². The molecule has 2 N–H and O–H groups in total. The Bertz CT molecular complexity index is 689.